The fourth-order valence-electron chi connectivity index (χ4n) is 0. The Kier molecular flexibility index (Phi) is 8.40. The largest absolute Gasteiger partial charge is 0.852 e. The standard InChI is InChI=1S/C3H7O.Ga.2H2/c1-3(2)4;;;/h3H,1-2H3;;2*1H/q-1;;;. The van der Waals surface area contributed by atoms with E-state index in [1.54, 1.807) is 13.8 Å². The molecule has 0 atom stereocenters. The van der Waals surface area contributed by atoms with Crippen molar-refractivity contribution in [1.29, 1.82) is 0 Å². The predicted octanol–water partition coefficient (Wildman–Crippen LogP) is -0.134. The van der Waals surface area contributed by atoms with Gasteiger partial charge in [0.15, 0.2) is 0 Å². The minimum Gasteiger partial charge on any atom is -0.852 e. The van der Waals surface area contributed by atoms with Crippen molar-refractivity contribution < 1.29 is 7.96 Å². The molecule has 0 heterocycles. The third-order valence-corrected chi connectivity index (χ3v) is 0. The van der Waals surface area contributed by atoms with Crippen LogP contribution in [-0.2, 0) is 0 Å². The van der Waals surface area contributed by atoms with Gasteiger partial charge in [-0.25, -0.2) is 0 Å². The van der Waals surface area contributed by atoms with Gasteiger partial charge in [0, 0.05) is 22.6 Å². The van der Waals surface area contributed by atoms with Gasteiger partial charge in [0.05, 0.1) is 0 Å². The Bertz CT molecular complexity index is 17.7. The summed E-state index contributed by atoms with van der Waals surface area (Å²) in [4.78, 5) is 0. The molecule has 0 aliphatic carbocycles. The molecule has 2 heteroatoms. The molecule has 0 unspecified atom stereocenters. The first-order valence-electron chi connectivity index (χ1n) is 1.39. The normalized spacial score (nSPS) is 7.20. The number of hydrogen-bond donors (Lipinski definition) is 0. The van der Waals surface area contributed by atoms with Gasteiger partial charge in [-0.2, -0.15) is 0 Å². The van der Waals surface area contributed by atoms with Crippen LogP contribution in [0, 0.1) is 0 Å². The van der Waals surface area contributed by atoms with E-state index >= 15 is 0 Å². The average Bonchev–Trinajstić information content (AvgIpc) is 0.811. The topological polar surface area (TPSA) is 23.1 Å². The molecule has 1 nitrogen and oxygen atoms in total. The summed E-state index contributed by atoms with van der Waals surface area (Å²) in [5.74, 6) is 0. The van der Waals surface area contributed by atoms with Crippen LogP contribution >= 0.6 is 0 Å². The van der Waals surface area contributed by atoms with Crippen LogP contribution in [-0.4, -0.2) is 25.9 Å². The Morgan fingerprint density at radius 1 is 1.60 bits per heavy atom. The molecule has 0 amide bonds. The zero-order valence-corrected chi connectivity index (χ0v) is 5.99. The fourth-order valence-corrected chi connectivity index (χ4v) is 0. The van der Waals surface area contributed by atoms with E-state index < -0.39 is 6.10 Å². The fraction of sp³-hybridized carbons (Fsp3) is 1.00. The van der Waals surface area contributed by atoms with Crippen LogP contribution in [0.5, 0.6) is 0 Å². The van der Waals surface area contributed by atoms with Crippen molar-refractivity contribution in [2.24, 2.45) is 0 Å². The molecule has 0 aliphatic heterocycles. The molecular weight excluding hydrogens is 122 g/mol. The van der Waals surface area contributed by atoms with Gasteiger partial charge in [0.25, 0.3) is 0 Å². The summed E-state index contributed by atoms with van der Waals surface area (Å²) >= 11 is 0. The third-order valence-electron chi connectivity index (χ3n) is 0. The third kappa shape index (κ3) is 87.1. The Morgan fingerprint density at radius 2 is 1.60 bits per heavy atom. The summed E-state index contributed by atoms with van der Waals surface area (Å²) in [6.45, 7) is 3.22. The molecule has 0 rings (SSSR count). The van der Waals surface area contributed by atoms with Crippen molar-refractivity contribution >= 4 is 19.8 Å². The van der Waals surface area contributed by atoms with Gasteiger partial charge < -0.3 is 5.11 Å². The molecule has 0 bridgehead atoms. The Balaban J connectivity index is -0.0000000150. The van der Waals surface area contributed by atoms with Gasteiger partial charge in [-0.3, -0.25) is 0 Å². The summed E-state index contributed by atoms with van der Waals surface area (Å²) in [6, 6.07) is 0. The van der Waals surface area contributed by atoms with Crippen molar-refractivity contribution in [3.63, 3.8) is 0 Å². The second-order valence-corrected chi connectivity index (χ2v) is 1.05. The van der Waals surface area contributed by atoms with Crippen LogP contribution in [0.4, 0.5) is 0 Å². The van der Waals surface area contributed by atoms with Crippen molar-refractivity contribution in [2.75, 3.05) is 0 Å². The smallest absolute Gasteiger partial charge is 0 e. The molecule has 0 aromatic rings. The second kappa shape index (κ2) is 4.60. The summed E-state index contributed by atoms with van der Waals surface area (Å²) in [5, 5.41) is 9.53. The number of rotatable bonds is 0. The predicted molar refractivity (Wildman–Crippen MR) is 25.1 cm³/mol. The van der Waals surface area contributed by atoms with E-state index in [9.17, 15) is 5.11 Å². The molecule has 33 valence electrons. The van der Waals surface area contributed by atoms with E-state index in [-0.39, 0.29) is 22.6 Å². The van der Waals surface area contributed by atoms with Crippen LogP contribution in [0.3, 0.4) is 0 Å². The number of hydrogen-bond acceptors (Lipinski definition) is 1. The Hall–Kier alpha value is 0.596. The van der Waals surface area contributed by atoms with E-state index in [2.05, 4.69) is 0 Å². The van der Waals surface area contributed by atoms with Crippen LogP contribution in [0.25, 0.3) is 0 Å². The van der Waals surface area contributed by atoms with Crippen molar-refractivity contribution in [1.82, 2.24) is 0 Å². The van der Waals surface area contributed by atoms with E-state index in [1.165, 1.54) is 0 Å². The summed E-state index contributed by atoms with van der Waals surface area (Å²) < 4.78 is 0. The maximum Gasteiger partial charge on any atom is 0 e. The molecule has 0 aromatic carbocycles. The van der Waals surface area contributed by atoms with Crippen LogP contribution < -0.4 is 5.11 Å². The van der Waals surface area contributed by atoms with Crippen molar-refractivity contribution in [3.8, 4) is 0 Å². The molecule has 3 radical (unpaired) electrons. The molecule has 0 aromatic heterocycles. The summed E-state index contributed by atoms with van der Waals surface area (Å²) in [5.41, 5.74) is 0. The molecule has 0 saturated carbocycles. The van der Waals surface area contributed by atoms with E-state index in [0.717, 1.165) is 0 Å². The zero-order chi connectivity index (χ0) is 3.58. The summed E-state index contributed by atoms with van der Waals surface area (Å²) in [7, 11) is 0. The van der Waals surface area contributed by atoms with Gasteiger partial charge in [0.1, 0.15) is 0 Å². The maximum atomic E-state index is 9.53. The minimum absolute atomic E-state index is 0. The van der Waals surface area contributed by atoms with Crippen LogP contribution in [0.1, 0.15) is 16.7 Å². The molecule has 0 aliphatic rings. The Labute approximate surface area is 48.4 Å². The first-order chi connectivity index (χ1) is 1.73. The molecule has 0 saturated heterocycles. The minimum atomic E-state index is -0.417. The van der Waals surface area contributed by atoms with Gasteiger partial charge >= 0.3 is 0 Å². The van der Waals surface area contributed by atoms with Gasteiger partial charge in [-0.05, 0) is 0 Å². The van der Waals surface area contributed by atoms with Crippen LogP contribution in [0.2, 0.25) is 0 Å². The van der Waals surface area contributed by atoms with E-state index in [0.29, 0.717) is 0 Å². The average molecular weight is 133 g/mol. The maximum absolute atomic E-state index is 9.53. The van der Waals surface area contributed by atoms with Crippen molar-refractivity contribution in [3.05, 3.63) is 0 Å². The van der Waals surface area contributed by atoms with Crippen LogP contribution in [0.15, 0.2) is 0 Å². The molecular formula is C3H11GaO-. The Morgan fingerprint density at radius 3 is 1.60 bits per heavy atom. The van der Waals surface area contributed by atoms with E-state index in [4.69, 9.17) is 0 Å². The SMILES string of the molecule is CC(C)[O-].[Ga].[HH].[HH]. The monoisotopic (exact) mass is 132 g/mol. The first kappa shape index (κ1) is 9.14. The zero-order valence-electron chi connectivity index (χ0n) is 3.56. The van der Waals surface area contributed by atoms with Gasteiger partial charge in [0.2, 0.25) is 0 Å². The molecule has 0 N–H and O–H groups in total. The molecule has 0 fully saturated rings. The first-order valence-corrected chi connectivity index (χ1v) is 1.39. The van der Waals surface area contributed by atoms with E-state index in [1.807, 2.05) is 0 Å². The molecule has 0 spiro atoms. The van der Waals surface area contributed by atoms with Gasteiger partial charge in [-0.1, -0.05) is 13.8 Å². The second-order valence-electron chi connectivity index (χ2n) is 1.05. The summed E-state index contributed by atoms with van der Waals surface area (Å²) in [6.07, 6.45) is -0.417. The molecule has 5 heavy (non-hydrogen) atoms. The van der Waals surface area contributed by atoms with Gasteiger partial charge in [-0.15, -0.1) is 6.10 Å². The van der Waals surface area contributed by atoms with Crippen molar-refractivity contribution in [2.45, 2.75) is 20.0 Å². The quantitative estimate of drug-likeness (QED) is 0.422.